The summed E-state index contributed by atoms with van der Waals surface area (Å²) in [5.41, 5.74) is 3.29. The maximum absolute atomic E-state index is 13.1. The van der Waals surface area contributed by atoms with Crippen molar-refractivity contribution in [3.8, 4) is 11.5 Å². The van der Waals surface area contributed by atoms with Crippen LogP contribution < -0.4 is 20.3 Å². The molecular formula is C24H25N3O4S. The third-order valence-corrected chi connectivity index (χ3v) is 6.66. The van der Waals surface area contributed by atoms with Crippen molar-refractivity contribution in [3.05, 3.63) is 75.1 Å². The van der Waals surface area contributed by atoms with E-state index >= 15 is 0 Å². The van der Waals surface area contributed by atoms with Gasteiger partial charge in [0.15, 0.2) is 16.7 Å². The number of anilines is 1. The van der Waals surface area contributed by atoms with E-state index in [1.807, 2.05) is 44.3 Å². The highest BCUT2D eigenvalue weighted by Gasteiger charge is 2.32. The monoisotopic (exact) mass is 451 g/mol. The molecule has 32 heavy (non-hydrogen) atoms. The van der Waals surface area contributed by atoms with Gasteiger partial charge < -0.3 is 19.4 Å². The molecule has 0 aliphatic carbocycles. The molecule has 4 rings (SSSR count). The first-order valence-electron chi connectivity index (χ1n) is 10.2. The molecule has 1 aliphatic heterocycles. The van der Waals surface area contributed by atoms with E-state index in [0.29, 0.717) is 33.8 Å². The molecule has 0 fully saturated rings. The van der Waals surface area contributed by atoms with E-state index in [2.05, 4.69) is 16.4 Å². The maximum atomic E-state index is 13.1. The molecule has 0 unspecified atom stereocenters. The number of rotatable bonds is 6. The second kappa shape index (κ2) is 9.08. The van der Waals surface area contributed by atoms with Crippen molar-refractivity contribution in [1.29, 1.82) is 0 Å². The second-order valence-electron chi connectivity index (χ2n) is 7.72. The van der Waals surface area contributed by atoms with Crippen LogP contribution in [0.25, 0.3) is 0 Å². The predicted molar refractivity (Wildman–Crippen MR) is 125 cm³/mol. The molecule has 3 aromatic rings. The normalized spacial score (nSPS) is 15.1. The number of ether oxygens (including phenoxy) is 2. The topological polar surface area (TPSA) is 82.5 Å². The van der Waals surface area contributed by atoms with Crippen LogP contribution in [0, 0.1) is 6.92 Å². The average Bonchev–Trinajstić information content (AvgIpc) is 2.79. The van der Waals surface area contributed by atoms with Gasteiger partial charge in [-0.1, -0.05) is 47.7 Å². The van der Waals surface area contributed by atoms with Crippen molar-refractivity contribution in [2.45, 2.75) is 30.2 Å². The lowest BCUT2D eigenvalue weighted by atomic mass is 9.86. The minimum absolute atomic E-state index is 0.145. The molecule has 1 aliphatic rings. The number of aryl methyl sites for hydroxylation is 1. The van der Waals surface area contributed by atoms with Gasteiger partial charge in [-0.25, -0.2) is 0 Å². The molecule has 2 heterocycles. The Morgan fingerprint density at radius 3 is 2.62 bits per heavy atom. The molecule has 0 bridgehead atoms. The van der Waals surface area contributed by atoms with E-state index in [-0.39, 0.29) is 17.9 Å². The van der Waals surface area contributed by atoms with Gasteiger partial charge in [-0.15, -0.1) is 0 Å². The lowest BCUT2D eigenvalue weighted by Gasteiger charge is -2.28. The van der Waals surface area contributed by atoms with Crippen LogP contribution in [0.4, 0.5) is 5.82 Å². The molecule has 7 nitrogen and oxygen atoms in total. The maximum Gasteiger partial charge on any atom is 0.279 e. The number of amides is 1. The summed E-state index contributed by atoms with van der Waals surface area (Å²) in [5.74, 6) is 1.74. The molecular weight excluding hydrogens is 426 g/mol. The molecule has 0 saturated heterocycles. The number of hydrogen-bond donors (Lipinski definition) is 1. The summed E-state index contributed by atoms with van der Waals surface area (Å²) >= 11 is 1.47. The molecule has 1 aromatic heterocycles. The first kappa shape index (κ1) is 22.0. The number of thioether (sulfide) groups is 1. The average molecular weight is 452 g/mol. The lowest BCUT2D eigenvalue weighted by Crippen LogP contribution is -2.33. The van der Waals surface area contributed by atoms with Crippen LogP contribution in [0.1, 0.15) is 34.6 Å². The van der Waals surface area contributed by atoms with Crippen molar-refractivity contribution in [3.63, 3.8) is 0 Å². The zero-order valence-electron chi connectivity index (χ0n) is 18.5. The Labute approximate surface area is 190 Å². The summed E-state index contributed by atoms with van der Waals surface area (Å²) in [6.07, 6.45) is 0.162. The Morgan fingerprint density at radius 1 is 1.12 bits per heavy atom. The highest BCUT2D eigenvalue weighted by atomic mass is 32.2. The molecule has 0 spiro atoms. The number of aromatic nitrogens is 2. The van der Waals surface area contributed by atoms with E-state index < -0.39 is 5.92 Å². The Morgan fingerprint density at radius 2 is 1.91 bits per heavy atom. The number of carbonyl (C=O) groups excluding carboxylic acids is 1. The standard InChI is InChI=1S/C24H25N3O4S/c1-14-6-5-7-15(10-14)13-32-24-26-23(29)21-17(12-20(28)25-22(21)27(24)2)16-8-9-18(30-3)19(11-16)31-4/h5-11,17H,12-13H2,1-4H3,(H,25,28)/t17-/m0/s1. The molecule has 1 N–H and O–H groups in total. The van der Waals surface area contributed by atoms with Crippen molar-refractivity contribution in [1.82, 2.24) is 9.55 Å². The Hall–Kier alpha value is -3.26. The summed E-state index contributed by atoms with van der Waals surface area (Å²) < 4.78 is 12.5. The van der Waals surface area contributed by atoms with E-state index in [4.69, 9.17) is 9.47 Å². The number of hydrogen-bond acceptors (Lipinski definition) is 6. The van der Waals surface area contributed by atoms with E-state index in [9.17, 15) is 9.59 Å². The van der Waals surface area contributed by atoms with E-state index in [1.54, 1.807) is 24.9 Å². The Kier molecular flexibility index (Phi) is 6.23. The van der Waals surface area contributed by atoms with Gasteiger partial charge in [0.1, 0.15) is 5.82 Å². The van der Waals surface area contributed by atoms with Crippen molar-refractivity contribution >= 4 is 23.5 Å². The Balaban J connectivity index is 1.72. The van der Waals surface area contributed by atoms with Gasteiger partial charge in [0.2, 0.25) is 5.91 Å². The summed E-state index contributed by atoms with van der Waals surface area (Å²) in [7, 11) is 4.94. The number of fused-ring (bicyclic) bond motifs is 1. The Bertz CT molecular complexity index is 1240. The fourth-order valence-corrected chi connectivity index (χ4v) is 4.88. The van der Waals surface area contributed by atoms with Gasteiger partial charge in [-0.05, 0) is 30.2 Å². The fraction of sp³-hybridized carbons (Fsp3) is 0.292. The van der Waals surface area contributed by atoms with Gasteiger partial charge in [0, 0.05) is 25.1 Å². The van der Waals surface area contributed by atoms with Crippen molar-refractivity contribution < 1.29 is 14.3 Å². The van der Waals surface area contributed by atoms with Crippen LogP contribution in [-0.2, 0) is 17.6 Å². The zero-order chi connectivity index (χ0) is 22.8. The third kappa shape index (κ3) is 4.23. The van der Waals surface area contributed by atoms with Crippen molar-refractivity contribution in [2.24, 2.45) is 7.05 Å². The molecule has 1 atom stereocenters. The molecule has 0 radical (unpaired) electrons. The minimum atomic E-state index is -0.416. The van der Waals surface area contributed by atoms with E-state index in [1.165, 1.54) is 17.3 Å². The molecule has 166 valence electrons. The second-order valence-corrected chi connectivity index (χ2v) is 8.66. The van der Waals surface area contributed by atoms with Crippen LogP contribution in [-0.4, -0.2) is 29.7 Å². The number of benzene rings is 2. The third-order valence-electron chi connectivity index (χ3n) is 5.56. The number of carbonyl (C=O) groups is 1. The highest BCUT2D eigenvalue weighted by molar-refractivity contribution is 7.98. The van der Waals surface area contributed by atoms with Crippen LogP contribution in [0.2, 0.25) is 0 Å². The number of nitrogens with one attached hydrogen (secondary N) is 1. The van der Waals surface area contributed by atoms with Crippen LogP contribution >= 0.6 is 11.8 Å². The first-order valence-corrected chi connectivity index (χ1v) is 11.2. The molecule has 1 amide bonds. The largest absolute Gasteiger partial charge is 0.493 e. The first-order chi connectivity index (χ1) is 15.4. The smallest absolute Gasteiger partial charge is 0.279 e. The summed E-state index contributed by atoms with van der Waals surface area (Å²) in [6, 6.07) is 13.7. The van der Waals surface area contributed by atoms with Gasteiger partial charge in [0.05, 0.1) is 19.8 Å². The lowest BCUT2D eigenvalue weighted by molar-refractivity contribution is -0.116. The fourth-order valence-electron chi connectivity index (χ4n) is 3.97. The highest BCUT2D eigenvalue weighted by Crippen LogP contribution is 2.39. The van der Waals surface area contributed by atoms with Gasteiger partial charge in [-0.2, -0.15) is 4.98 Å². The summed E-state index contributed by atoms with van der Waals surface area (Å²) in [5, 5.41) is 3.44. The molecule has 2 aromatic carbocycles. The van der Waals surface area contributed by atoms with Gasteiger partial charge in [-0.3, -0.25) is 9.59 Å². The summed E-state index contributed by atoms with van der Waals surface area (Å²) in [4.78, 5) is 30.1. The predicted octanol–water partition coefficient (Wildman–Crippen LogP) is 3.87. The van der Waals surface area contributed by atoms with Crippen LogP contribution in [0.15, 0.2) is 52.4 Å². The van der Waals surface area contributed by atoms with Crippen LogP contribution in [0.5, 0.6) is 11.5 Å². The van der Waals surface area contributed by atoms with Crippen molar-refractivity contribution in [2.75, 3.05) is 19.5 Å². The number of methoxy groups -OCH3 is 2. The van der Waals surface area contributed by atoms with Crippen LogP contribution in [0.3, 0.4) is 0 Å². The zero-order valence-corrected chi connectivity index (χ0v) is 19.3. The quantitative estimate of drug-likeness (QED) is 0.453. The van der Waals surface area contributed by atoms with Gasteiger partial charge >= 0.3 is 0 Å². The summed E-state index contributed by atoms with van der Waals surface area (Å²) in [6.45, 7) is 2.05. The van der Waals surface area contributed by atoms with Gasteiger partial charge in [0.25, 0.3) is 5.56 Å². The minimum Gasteiger partial charge on any atom is -0.493 e. The van der Waals surface area contributed by atoms with E-state index in [0.717, 1.165) is 11.1 Å². The number of nitrogens with zero attached hydrogens (tertiary/aromatic N) is 2. The SMILES string of the molecule is COc1ccc([C@@H]2CC(=O)Nc3c2c(=O)nc(SCc2cccc(C)c2)n3C)cc1OC. The molecule has 0 saturated carbocycles. The molecule has 8 heteroatoms.